The summed E-state index contributed by atoms with van der Waals surface area (Å²) >= 11 is 6.35. The zero-order valence-corrected chi connectivity index (χ0v) is 22.6. The molecule has 1 saturated carbocycles. The Balaban J connectivity index is 0.00000171. The molecule has 1 unspecified atom stereocenters. The van der Waals surface area contributed by atoms with Crippen molar-refractivity contribution in [1.82, 2.24) is 9.80 Å². The third kappa shape index (κ3) is 6.91. The average molecular weight is 536 g/mol. The molecule has 1 heterocycles. The Hall–Kier alpha value is -1.33. The lowest BCUT2D eigenvalue weighted by Gasteiger charge is -2.43. The minimum Gasteiger partial charge on any atom is -0.389 e. The van der Waals surface area contributed by atoms with Crippen molar-refractivity contribution < 1.29 is 5.11 Å². The highest BCUT2D eigenvalue weighted by Crippen LogP contribution is 2.41. The molecule has 35 heavy (non-hydrogen) atoms. The Morgan fingerprint density at radius 1 is 0.771 bits per heavy atom. The monoisotopic (exact) mass is 534 g/mol. The van der Waals surface area contributed by atoms with Crippen LogP contribution in [0.1, 0.15) is 49.1 Å². The van der Waals surface area contributed by atoms with Gasteiger partial charge in [0.1, 0.15) is 0 Å². The molecule has 6 heteroatoms. The molecule has 1 aliphatic carbocycles. The van der Waals surface area contributed by atoms with E-state index in [0.29, 0.717) is 0 Å². The fraction of sp³-hybridized carbons (Fsp3) is 0.448. The maximum Gasteiger partial charge on any atom is 0.0728 e. The van der Waals surface area contributed by atoms with Crippen LogP contribution < -0.4 is 0 Å². The van der Waals surface area contributed by atoms with Gasteiger partial charge in [-0.1, -0.05) is 79.4 Å². The summed E-state index contributed by atoms with van der Waals surface area (Å²) in [5, 5.41) is 15.0. The topological polar surface area (TPSA) is 26.7 Å². The van der Waals surface area contributed by atoms with Crippen molar-refractivity contribution >= 4 is 47.2 Å². The van der Waals surface area contributed by atoms with Crippen LogP contribution in [0.3, 0.4) is 0 Å². The summed E-state index contributed by atoms with van der Waals surface area (Å²) in [7, 11) is 0. The first-order valence-electron chi connectivity index (χ1n) is 12.5. The number of hydrogen-bond donors (Lipinski definition) is 1. The molecule has 3 aromatic carbocycles. The molecule has 3 aromatic rings. The molecule has 0 aromatic heterocycles. The molecule has 5 rings (SSSR count). The number of piperazine rings is 1. The predicted octanol–water partition coefficient (Wildman–Crippen LogP) is 6.93. The van der Waals surface area contributed by atoms with E-state index in [0.717, 1.165) is 70.0 Å². The van der Waals surface area contributed by atoms with Gasteiger partial charge in [-0.2, -0.15) is 0 Å². The lowest BCUT2D eigenvalue weighted by atomic mass is 9.72. The summed E-state index contributed by atoms with van der Waals surface area (Å²) in [5.41, 5.74) is 1.95. The second-order valence-electron chi connectivity index (χ2n) is 10.0. The van der Waals surface area contributed by atoms with Gasteiger partial charge in [0.25, 0.3) is 0 Å². The van der Waals surface area contributed by atoms with Crippen LogP contribution in [0.15, 0.2) is 66.7 Å². The highest BCUT2D eigenvalue weighted by Gasteiger charge is 2.40. The highest BCUT2D eigenvalue weighted by atomic mass is 35.5. The van der Waals surface area contributed by atoms with Crippen molar-refractivity contribution in [2.45, 2.75) is 50.2 Å². The number of halogens is 3. The van der Waals surface area contributed by atoms with Crippen molar-refractivity contribution in [3.05, 3.63) is 82.9 Å². The zero-order valence-electron chi connectivity index (χ0n) is 20.2. The van der Waals surface area contributed by atoms with Crippen LogP contribution in [0.5, 0.6) is 0 Å². The molecule has 0 spiro atoms. The van der Waals surface area contributed by atoms with Gasteiger partial charge < -0.3 is 10.0 Å². The fourth-order valence-electron chi connectivity index (χ4n) is 5.80. The van der Waals surface area contributed by atoms with Gasteiger partial charge in [0.2, 0.25) is 0 Å². The number of nitrogens with zero attached hydrogens (tertiary/aromatic N) is 2. The number of benzene rings is 3. The minimum absolute atomic E-state index is 0. The Morgan fingerprint density at radius 3 is 2.17 bits per heavy atom. The molecule has 190 valence electrons. The van der Waals surface area contributed by atoms with E-state index >= 15 is 0 Å². The van der Waals surface area contributed by atoms with Crippen LogP contribution in [0, 0.1) is 0 Å². The Kier molecular flexibility index (Phi) is 10.3. The summed E-state index contributed by atoms with van der Waals surface area (Å²) in [6.07, 6.45) is 5.26. The van der Waals surface area contributed by atoms with Crippen molar-refractivity contribution in [2.75, 3.05) is 32.7 Å². The normalized spacial score (nSPS) is 19.5. The second-order valence-corrected chi connectivity index (χ2v) is 10.5. The number of hydrogen-bond acceptors (Lipinski definition) is 3. The van der Waals surface area contributed by atoms with E-state index in [1.165, 1.54) is 28.3 Å². The Bertz CT molecular complexity index is 1080. The Morgan fingerprint density at radius 2 is 1.46 bits per heavy atom. The first-order chi connectivity index (χ1) is 16.1. The van der Waals surface area contributed by atoms with Gasteiger partial charge in [-0.15, -0.1) is 24.8 Å². The van der Waals surface area contributed by atoms with Crippen LogP contribution in [0.2, 0.25) is 5.02 Å². The molecule has 3 nitrogen and oxygen atoms in total. The molecule has 1 saturated heterocycles. The Labute approximate surface area is 227 Å². The number of fused-ring (bicyclic) bond motifs is 1. The molecule has 2 aliphatic rings. The van der Waals surface area contributed by atoms with Gasteiger partial charge >= 0.3 is 0 Å². The number of rotatable bonds is 6. The molecule has 0 radical (unpaired) electrons. The van der Waals surface area contributed by atoms with Crippen LogP contribution in [-0.2, 0) is 6.54 Å². The lowest BCUT2D eigenvalue weighted by Crippen LogP contribution is -2.50. The molecular weight excluding hydrogens is 499 g/mol. The molecule has 1 atom stereocenters. The quantitative estimate of drug-likeness (QED) is 0.371. The van der Waals surface area contributed by atoms with E-state index < -0.39 is 5.60 Å². The lowest BCUT2D eigenvalue weighted by molar-refractivity contribution is -0.0344. The van der Waals surface area contributed by atoms with E-state index in [1.54, 1.807) is 0 Å². The largest absolute Gasteiger partial charge is 0.389 e. The van der Waals surface area contributed by atoms with Crippen LogP contribution in [-0.4, -0.2) is 53.2 Å². The molecule has 1 N–H and O–H groups in total. The summed E-state index contributed by atoms with van der Waals surface area (Å²) in [5.74, 6) is 0.114. The van der Waals surface area contributed by atoms with Gasteiger partial charge in [0.15, 0.2) is 0 Å². The van der Waals surface area contributed by atoms with Gasteiger partial charge in [-0.3, -0.25) is 4.90 Å². The van der Waals surface area contributed by atoms with Crippen molar-refractivity contribution in [1.29, 1.82) is 0 Å². The first kappa shape index (κ1) is 28.2. The minimum atomic E-state index is -0.620. The smallest absolute Gasteiger partial charge is 0.0728 e. The van der Waals surface area contributed by atoms with Crippen LogP contribution in [0.25, 0.3) is 10.8 Å². The highest BCUT2D eigenvalue weighted by molar-refractivity contribution is 6.30. The maximum atomic E-state index is 11.7. The zero-order chi connectivity index (χ0) is 22.7. The van der Waals surface area contributed by atoms with Crippen molar-refractivity contribution in [2.24, 2.45) is 0 Å². The third-order valence-corrected chi connectivity index (χ3v) is 7.98. The van der Waals surface area contributed by atoms with Crippen LogP contribution >= 0.6 is 36.4 Å². The van der Waals surface area contributed by atoms with E-state index in [1.807, 2.05) is 12.1 Å². The SMILES string of the molecule is Cl.Cl.OC1(C(CN2CCN(Cc3ccc4ccccc4c3)CC2)c2cccc(Cl)c2)CCCCC1. The molecule has 1 aliphatic heterocycles. The standard InChI is InChI=1S/C29H35ClN2O.2ClH/c30-27-10-6-9-26(20-27)28(29(33)13-4-1-5-14-29)22-32-17-15-31(16-18-32)21-23-11-12-24-7-2-3-8-25(24)19-23;;/h2-3,6-12,19-20,28,33H,1,4-5,13-18,21-22H2;2*1H. The molecular formula is C29H37Cl3N2O. The average Bonchev–Trinajstić information content (AvgIpc) is 2.84. The van der Waals surface area contributed by atoms with E-state index in [9.17, 15) is 5.11 Å². The van der Waals surface area contributed by atoms with Gasteiger partial charge in [-0.05, 0) is 52.9 Å². The summed E-state index contributed by atoms with van der Waals surface area (Å²) in [6, 6.07) is 23.6. The second kappa shape index (κ2) is 12.8. The molecule has 0 bridgehead atoms. The summed E-state index contributed by atoms with van der Waals surface area (Å²) in [4.78, 5) is 5.11. The summed E-state index contributed by atoms with van der Waals surface area (Å²) in [6.45, 7) is 6.11. The van der Waals surface area contributed by atoms with Crippen LogP contribution in [0.4, 0.5) is 0 Å². The van der Waals surface area contributed by atoms with E-state index in [-0.39, 0.29) is 30.7 Å². The van der Waals surface area contributed by atoms with Crippen molar-refractivity contribution in [3.63, 3.8) is 0 Å². The summed E-state index contributed by atoms with van der Waals surface area (Å²) < 4.78 is 0. The first-order valence-corrected chi connectivity index (χ1v) is 12.9. The molecule has 0 amide bonds. The van der Waals surface area contributed by atoms with Crippen molar-refractivity contribution in [3.8, 4) is 0 Å². The van der Waals surface area contributed by atoms with E-state index in [4.69, 9.17) is 11.6 Å². The van der Waals surface area contributed by atoms with Gasteiger partial charge in [0.05, 0.1) is 5.60 Å². The predicted molar refractivity (Wildman–Crippen MR) is 152 cm³/mol. The number of aliphatic hydroxyl groups is 1. The fourth-order valence-corrected chi connectivity index (χ4v) is 6.00. The maximum absolute atomic E-state index is 11.7. The third-order valence-electron chi connectivity index (χ3n) is 7.74. The van der Waals surface area contributed by atoms with Gasteiger partial charge in [0, 0.05) is 50.2 Å². The van der Waals surface area contributed by atoms with Gasteiger partial charge in [-0.25, -0.2) is 0 Å². The van der Waals surface area contributed by atoms with E-state index in [2.05, 4.69) is 64.4 Å². The molecule has 2 fully saturated rings.